The Balaban J connectivity index is 3.03. The van der Waals surface area contributed by atoms with Crippen LogP contribution in [0.4, 0.5) is 5.69 Å². The third kappa shape index (κ3) is 1.74. The Morgan fingerprint density at radius 1 is 1.45 bits per heavy atom. The van der Waals surface area contributed by atoms with Gasteiger partial charge in [-0.2, -0.15) is 0 Å². The second-order valence-electron chi connectivity index (χ2n) is 1.98. The first-order valence-electron chi connectivity index (χ1n) is 2.98. The molecule has 3 radical (unpaired) electrons. The maximum atomic E-state index is 10.9. The van der Waals surface area contributed by atoms with Gasteiger partial charge in [0.15, 0.2) is 0 Å². The summed E-state index contributed by atoms with van der Waals surface area (Å²) in [7, 11) is 0. The second-order valence-corrected chi connectivity index (χ2v) is 2.41. The molecule has 1 aromatic rings. The number of carbonyl (C=O) groups is 1. The van der Waals surface area contributed by atoms with E-state index in [2.05, 4.69) is 3.76 Å². The Kier molecular flexibility index (Phi) is 2.54. The van der Waals surface area contributed by atoms with Crippen molar-refractivity contribution in [1.29, 1.82) is 0 Å². The predicted molar refractivity (Wildman–Crippen MR) is 42.0 cm³/mol. The van der Waals surface area contributed by atoms with E-state index < -0.39 is 5.97 Å². The molecule has 0 aromatic heterocycles. The number of rotatable bonds is 1. The average molecular weight is 209 g/mol. The van der Waals surface area contributed by atoms with Gasteiger partial charge in [-0.1, -0.05) is 0 Å². The molecular formula is C7H6GeNO2. The normalized spacial score (nSPS) is 9.18. The molecule has 1 rings (SSSR count). The second kappa shape index (κ2) is 3.43. The van der Waals surface area contributed by atoms with Crippen LogP contribution in [-0.2, 0) is 3.76 Å². The van der Waals surface area contributed by atoms with Crippen LogP contribution >= 0.6 is 0 Å². The molecule has 0 atom stereocenters. The first-order valence-corrected chi connectivity index (χ1v) is 3.83. The van der Waals surface area contributed by atoms with Gasteiger partial charge < -0.3 is 0 Å². The van der Waals surface area contributed by atoms with Crippen molar-refractivity contribution in [1.82, 2.24) is 0 Å². The molecule has 2 N–H and O–H groups in total. The van der Waals surface area contributed by atoms with Gasteiger partial charge in [0.2, 0.25) is 0 Å². The first kappa shape index (κ1) is 8.13. The Labute approximate surface area is 73.1 Å². The molecule has 0 amide bonds. The molecule has 0 spiro atoms. The third-order valence-corrected chi connectivity index (χ3v) is 1.66. The molecule has 0 bridgehead atoms. The van der Waals surface area contributed by atoms with Crippen LogP contribution in [0.5, 0.6) is 0 Å². The predicted octanol–water partition coefficient (Wildman–Crippen LogP) is 0.509. The molecule has 4 heteroatoms. The number of nitrogens with two attached hydrogens (primary N) is 1. The molecule has 1 aromatic carbocycles. The maximum absolute atomic E-state index is 10.9. The van der Waals surface area contributed by atoms with Crippen molar-refractivity contribution in [2.24, 2.45) is 0 Å². The Hall–Kier alpha value is -0.967. The van der Waals surface area contributed by atoms with Gasteiger partial charge in [0.25, 0.3) is 0 Å². The van der Waals surface area contributed by atoms with Crippen LogP contribution < -0.4 is 5.73 Å². The number of nitrogen functional groups attached to an aromatic ring is 1. The van der Waals surface area contributed by atoms with Gasteiger partial charge in [0, 0.05) is 0 Å². The van der Waals surface area contributed by atoms with Gasteiger partial charge in [0.1, 0.15) is 0 Å². The van der Waals surface area contributed by atoms with Crippen LogP contribution in [0.1, 0.15) is 10.4 Å². The summed E-state index contributed by atoms with van der Waals surface area (Å²) in [6.45, 7) is 0. The summed E-state index contributed by atoms with van der Waals surface area (Å²) in [6, 6.07) is 6.79. The van der Waals surface area contributed by atoms with Crippen LogP contribution in [0.15, 0.2) is 24.3 Å². The van der Waals surface area contributed by atoms with Gasteiger partial charge in [-0.15, -0.1) is 0 Å². The summed E-state index contributed by atoms with van der Waals surface area (Å²) < 4.78 is 4.50. The van der Waals surface area contributed by atoms with Gasteiger partial charge in [0.05, 0.1) is 0 Å². The molecule has 0 aliphatic carbocycles. The summed E-state index contributed by atoms with van der Waals surface area (Å²) in [5.41, 5.74) is 6.35. The molecule has 55 valence electrons. The fraction of sp³-hybridized carbons (Fsp3) is 0. The van der Waals surface area contributed by atoms with E-state index in [0.29, 0.717) is 11.3 Å². The van der Waals surface area contributed by atoms with Crippen molar-refractivity contribution in [3.8, 4) is 0 Å². The van der Waals surface area contributed by atoms with E-state index in [1.807, 2.05) is 0 Å². The average Bonchev–Trinajstić information content (AvgIpc) is 2.04. The molecule has 0 heterocycles. The van der Waals surface area contributed by atoms with Crippen molar-refractivity contribution in [3.63, 3.8) is 0 Å². The molecular weight excluding hydrogens is 203 g/mol. The number of carbonyl (C=O) groups excluding carboxylic acids is 1. The Bertz CT molecular complexity index is 275. The third-order valence-electron chi connectivity index (χ3n) is 1.27. The number of benzene rings is 1. The van der Waals surface area contributed by atoms with Crippen molar-refractivity contribution in [2.75, 3.05) is 5.73 Å². The van der Waals surface area contributed by atoms with Gasteiger partial charge in [-0.05, 0) is 0 Å². The fourth-order valence-electron chi connectivity index (χ4n) is 0.738. The number of para-hydroxylation sites is 1. The van der Waals surface area contributed by atoms with Gasteiger partial charge >= 0.3 is 72.6 Å². The van der Waals surface area contributed by atoms with E-state index in [4.69, 9.17) is 5.73 Å². The van der Waals surface area contributed by atoms with E-state index in [1.165, 1.54) is 16.9 Å². The summed E-state index contributed by atoms with van der Waals surface area (Å²) in [4.78, 5) is 10.9. The molecule has 11 heavy (non-hydrogen) atoms. The fourth-order valence-corrected chi connectivity index (χ4v) is 0.969. The van der Waals surface area contributed by atoms with Crippen molar-refractivity contribution >= 4 is 28.5 Å². The Morgan fingerprint density at radius 2 is 2.09 bits per heavy atom. The van der Waals surface area contributed by atoms with E-state index in [-0.39, 0.29) is 0 Å². The van der Waals surface area contributed by atoms with E-state index in [1.54, 1.807) is 24.3 Å². The van der Waals surface area contributed by atoms with Gasteiger partial charge in [-0.25, -0.2) is 0 Å². The summed E-state index contributed by atoms with van der Waals surface area (Å²) in [5.74, 6) is -0.400. The van der Waals surface area contributed by atoms with Crippen LogP contribution in [0.3, 0.4) is 0 Å². The first-order chi connectivity index (χ1) is 5.25. The standard InChI is InChI=1S/C7H6GeNO2/c8-11-7(10)5-3-1-2-4-6(5)9/h1-4H,9H2. The van der Waals surface area contributed by atoms with Crippen LogP contribution in [0.25, 0.3) is 0 Å². The molecule has 0 unspecified atom stereocenters. The van der Waals surface area contributed by atoms with Crippen LogP contribution in [0.2, 0.25) is 0 Å². The number of hydrogen-bond donors (Lipinski definition) is 1. The molecule has 3 nitrogen and oxygen atoms in total. The summed E-state index contributed by atoms with van der Waals surface area (Å²) >= 11 is 1.33. The van der Waals surface area contributed by atoms with Gasteiger partial charge in [-0.3, -0.25) is 0 Å². The minimum atomic E-state index is -0.400. The zero-order valence-electron chi connectivity index (χ0n) is 5.70. The van der Waals surface area contributed by atoms with Crippen LogP contribution in [-0.4, -0.2) is 22.8 Å². The minimum absolute atomic E-state index is 0.400. The van der Waals surface area contributed by atoms with E-state index >= 15 is 0 Å². The zero-order valence-corrected chi connectivity index (χ0v) is 7.80. The van der Waals surface area contributed by atoms with Crippen molar-refractivity contribution in [3.05, 3.63) is 29.8 Å². The molecule has 0 aliphatic heterocycles. The summed E-state index contributed by atoms with van der Waals surface area (Å²) in [6.07, 6.45) is 0. The van der Waals surface area contributed by atoms with Crippen LogP contribution in [0, 0.1) is 0 Å². The van der Waals surface area contributed by atoms with Crippen molar-refractivity contribution in [2.45, 2.75) is 0 Å². The monoisotopic (exact) mass is 210 g/mol. The topological polar surface area (TPSA) is 52.3 Å². The zero-order chi connectivity index (χ0) is 8.27. The van der Waals surface area contributed by atoms with E-state index in [9.17, 15) is 4.79 Å². The quantitative estimate of drug-likeness (QED) is 0.541. The molecule has 0 fully saturated rings. The molecule has 0 saturated carbocycles. The Morgan fingerprint density at radius 3 is 2.64 bits per heavy atom. The summed E-state index contributed by atoms with van der Waals surface area (Å²) in [5, 5.41) is 0. The molecule has 0 aliphatic rings. The number of anilines is 1. The van der Waals surface area contributed by atoms with Crippen molar-refractivity contribution < 1.29 is 8.56 Å². The SMILES string of the molecule is Nc1ccccc1C(=O)[O][Ge]. The van der Waals surface area contributed by atoms with E-state index in [0.717, 1.165) is 0 Å². The number of hydrogen-bond acceptors (Lipinski definition) is 3. The molecule has 0 saturated heterocycles.